The van der Waals surface area contributed by atoms with Gasteiger partial charge >= 0.3 is 0 Å². The summed E-state index contributed by atoms with van der Waals surface area (Å²) in [5.41, 5.74) is 8.42. The predicted octanol–water partition coefficient (Wildman–Crippen LogP) is 2.47. The Morgan fingerprint density at radius 1 is 1.31 bits per heavy atom. The molecule has 0 radical (unpaired) electrons. The van der Waals surface area contributed by atoms with Gasteiger partial charge in [-0.2, -0.15) is 11.8 Å². The molecular weight excluding hydrogens is 216 g/mol. The highest BCUT2D eigenvalue weighted by molar-refractivity contribution is 7.98. The van der Waals surface area contributed by atoms with Crippen LogP contribution >= 0.6 is 11.8 Å². The molecule has 84 valence electrons. The van der Waals surface area contributed by atoms with Crippen molar-refractivity contribution >= 4 is 22.7 Å². The van der Waals surface area contributed by atoms with Crippen LogP contribution in [0.3, 0.4) is 0 Å². The Hall–Kier alpha value is -1.06. The molecule has 2 nitrogen and oxygen atoms in total. The number of para-hydroxylation sites is 1. The standard InChI is InChI=1S/C13H16N2S/c1-16-9-11(14)8-10-6-7-15-13-5-3-2-4-12(10)13/h2-7,11H,8-9,14H2,1H3. The Bertz CT molecular complexity index is 465. The number of aromatic nitrogens is 1. The minimum absolute atomic E-state index is 0.223. The molecule has 0 bridgehead atoms. The van der Waals surface area contributed by atoms with Gasteiger partial charge in [-0.25, -0.2) is 0 Å². The minimum Gasteiger partial charge on any atom is -0.327 e. The molecule has 0 spiro atoms. The maximum absolute atomic E-state index is 6.07. The summed E-state index contributed by atoms with van der Waals surface area (Å²) in [6.45, 7) is 0. The predicted molar refractivity (Wildman–Crippen MR) is 71.8 cm³/mol. The topological polar surface area (TPSA) is 38.9 Å². The molecule has 1 heterocycles. The Labute approximate surface area is 100 Å². The quantitative estimate of drug-likeness (QED) is 0.880. The van der Waals surface area contributed by atoms with Gasteiger partial charge in [-0.05, 0) is 30.4 Å². The first-order valence-corrected chi connectivity index (χ1v) is 6.78. The van der Waals surface area contributed by atoms with Gasteiger partial charge in [-0.15, -0.1) is 0 Å². The summed E-state index contributed by atoms with van der Waals surface area (Å²) in [5, 5.41) is 1.22. The van der Waals surface area contributed by atoms with Crippen LogP contribution in [0.25, 0.3) is 10.9 Å². The first kappa shape index (κ1) is 11.4. The maximum Gasteiger partial charge on any atom is 0.0704 e. The summed E-state index contributed by atoms with van der Waals surface area (Å²) in [4.78, 5) is 4.35. The first-order chi connectivity index (χ1) is 7.81. The summed E-state index contributed by atoms with van der Waals surface area (Å²) < 4.78 is 0. The van der Waals surface area contributed by atoms with E-state index in [1.54, 1.807) is 11.8 Å². The van der Waals surface area contributed by atoms with Gasteiger partial charge < -0.3 is 5.73 Å². The Morgan fingerprint density at radius 3 is 2.94 bits per heavy atom. The average Bonchev–Trinajstić information content (AvgIpc) is 2.30. The van der Waals surface area contributed by atoms with Gasteiger partial charge in [0, 0.05) is 23.4 Å². The van der Waals surface area contributed by atoms with Crippen molar-refractivity contribution in [2.75, 3.05) is 12.0 Å². The smallest absolute Gasteiger partial charge is 0.0704 e. The number of thioether (sulfide) groups is 1. The zero-order chi connectivity index (χ0) is 11.4. The van der Waals surface area contributed by atoms with Crippen LogP contribution in [0.2, 0.25) is 0 Å². The van der Waals surface area contributed by atoms with Crippen molar-refractivity contribution in [3.8, 4) is 0 Å². The van der Waals surface area contributed by atoms with Gasteiger partial charge in [0.15, 0.2) is 0 Å². The Kier molecular flexibility index (Phi) is 3.80. The summed E-state index contributed by atoms with van der Waals surface area (Å²) >= 11 is 1.79. The zero-order valence-corrected chi connectivity index (χ0v) is 10.2. The van der Waals surface area contributed by atoms with Gasteiger partial charge in [-0.1, -0.05) is 18.2 Å². The van der Waals surface area contributed by atoms with Crippen molar-refractivity contribution in [3.63, 3.8) is 0 Å². The fourth-order valence-electron chi connectivity index (χ4n) is 1.89. The largest absolute Gasteiger partial charge is 0.327 e. The normalized spacial score (nSPS) is 12.9. The molecule has 3 heteroatoms. The van der Waals surface area contributed by atoms with Crippen LogP contribution in [0.5, 0.6) is 0 Å². The van der Waals surface area contributed by atoms with Crippen molar-refractivity contribution < 1.29 is 0 Å². The molecule has 0 saturated carbocycles. The summed E-state index contributed by atoms with van der Waals surface area (Å²) in [6.07, 6.45) is 4.87. The van der Waals surface area contributed by atoms with Gasteiger partial charge in [0.1, 0.15) is 0 Å². The molecular formula is C13H16N2S. The molecule has 1 aromatic carbocycles. The van der Waals surface area contributed by atoms with Gasteiger partial charge in [0.2, 0.25) is 0 Å². The monoisotopic (exact) mass is 232 g/mol. The summed E-state index contributed by atoms with van der Waals surface area (Å²) in [7, 11) is 0. The first-order valence-electron chi connectivity index (χ1n) is 5.38. The molecule has 2 aromatic rings. The highest BCUT2D eigenvalue weighted by Gasteiger charge is 2.06. The van der Waals surface area contributed by atoms with E-state index < -0.39 is 0 Å². The molecule has 1 aromatic heterocycles. The molecule has 1 unspecified atom stereocenters. The number of nitrogens with zero attached hydrogens (tertiary/aromatic N) is 1. The van der Waals surface area contributed by atoms with E-state index in [1.165, 1.54) is 10.9 Å². The number of benzene rings is 1. The number of hydrogen-bond acceptors (Lipinski definition) is 3. The minimum atomic E-state index is 0.223. The van der Waals surface area contributed by atoms with Gasteiger partial charge in [0.05, 0.1) is 5.52 Å². The fourth-order valence-corrected chi connectivity index (χ4v) is 2.43. The van der Waals surface area contributed by atoms with E-state index in [1.807, 2.05) is 24.4 Å². The van der Waals surface area contributed by atoms with Crippen molar-refractivity contribution in [2.45, 2.75) is 12.5 Å². The average molecular weight is 232 g/mol. The molecule has 0 aliphatic heterocycles. The second kappa shape index (κ2) is 5.32. The van der Waals surface area contributed by atoms with E-state index in [-0.39, 0.29) is 6.04 Å². The molecule has 0 aliphatic carbocycles. The lowest BCUT2D eigenvalue weighted by Crippen LogP contribution is -2.25. The van der Waals surface area contributed by atoms with Crippen LogP contribution in [0.15, 0.2) is 36.5 Å². The van der Waals surface area contributed by atoms with E-state index in [0.29, 0.717) is 0 Å². The number of fused-ring (bicyclic) bond motifs is 1. The molecule has 2 N–H and O–H groups in total. The third kappa shape index (κ3) is 2.54. The van der Waals surface area contributed by atoms with E-state index >= 15 is 0 Å². The molecule has 16 heavy (non-hydrogen) atoms. The Morgan fingerprint density at radius 2 is 2.12 bits per heavy atom. The molecule has 0 aliphatic rings. The molecule has 0 saturated heterocycles. The molecule has 2 rings (SSSR count). The number of rotatable bonds is 4. The van der Waals surface area contributed by atoms with Crippen LogP contribution < -0.4 is 5.73 Å². The lowest BCUT2D eigenvalue weighted by molar-refractivity contribution is 0.752. The third-order valence-corrected chi connectivity index (χ3v) is 3.36. The van der Waals surface area contributed by atoms with Crippen molar-refractivity contribution in [3.05, 3.63) is 42.1 Å². The van der Waals surface area contributed by atoms with Crippen molar-refractivity contribution in [1.82, 2.24) is 4.98 Å². The van der Waals surface area contributed by atoms with Gasteiger partial charge in [-0.3, -0.25) is 4.98 Å². The van der Waals surface area contributed by atoms with Crippen LogP contribution in [0.4, 0.5) is 0 Å². The number of hydrogen-bond donors (Lipinski definition) is 1. The van der Waals surface area contributed by atoms with E-state index in [0.717, 1.165) is 17.7 Å². The second-order valence-electron chi connectivity index (χ2n) is 3.91. The van der Waals surface area contributed by atoms with Crippen LogP contribution in [0.1, 0.15) is 5.56 Å². The zero-order valence-electron chi connectivity index (χ0n) is 9.39. The second-order valence-corrected chi connectivity index (χ2v) is 4.82. The van der Waals surface area contributed by atoms with Gasteiger partial charge in [0.25, 0.3) is 0 Å². The highest BCUT2D eigenvalue weighted by atomic mass is 32.2. The fraction of sp³-hybridized carbons (Fsp3) is 0.308. The van der Waals surface area contributed by atoms with Crippen LogP contribution in [-0.4, -0.2) is 23.0 Å². The molecule has 1 atom stereocenters. The van der Waals surface area contributed by atoms with Crippen LogP contribution in [-0.2, 0) is 6.42 Å². The number of nitrogens with two attached hydrogens (primary N) is 1. The maximum atomic E-state index is 6.07. The molecule has 0 fully saturated rings. The molecule has 0 amide bonds. The summed E-state index contributed by atoms with van der Waals surface area (Å²) in [5.74, 6) is 0.997. The third-order valence-electron chi connectivity index (χ3n) is 2.60. The van der Waals surface area contributed by atoms with E-state index in [2.05, 4.69) is 23.4 Å². The number of pyridine rings is 1. The van der Waals surface area contributed by atoms with Crippen molar-refractivity contribution in [2.24, 2.45) is 5.73 Å². The SMILES string of the molecule is CSCC(N)Cc1ccnc2ccccc12. The lowest BCUT2D eigenvalue weighted by atomic mass is 10.0. The van der Waals surface area contributed by atoms with Crippen molar-refractivity contribution in [1.29, 1.82) is 0 Å². The Balaban J connectivity index is 2.30. The lowest BCUT2D eigenvalue weighted by Gasteiger charge is -2.11. The van der Waals surface area contributed by atoms with E-state index in [9.17, 15) is 0 Å². The summed E-state index contributed by atoms with van der Waals surface area (Å²) in [6, 6.07) is 10.5. The van der Waals surface area contributed by atoms with Crippen LogP contribution in [0, 0.1) is 0 Å². The highest BCUT2D eigenvalue weighted by Crippen LogP contribution is 2.17. The van der Waals surface area contributed by atoms with E-state index in [4.69, 9.17) is 5.73 Å².